The molecule has 0 unspecified atom stereocenters. The molecular formula is C7H9BO2Se. The maximum absolute atomic E-state index is 8.90. The molecule has 0 aliphatic rings. The van der Waals surface area contributed by atoms with Crippen LogP contribution in [-0.4, -0.2) is 32.1 Å². The van der Waals surface area contributed by atoms with Crippen LogP contribution >= 0.6 is 0 Å². The van der Waals surface area contributed by atoms with Crippen LogP contribution in [-0.2, 0) is 0 Å². The molecule has 0 spiro atoms. The van der Waals surface area contributed by atoms with E-state index in [-0.39, 0.29) is 0 Å². The van der Waals surface area contributed by atoms with Crippen molar-refractivity contribution in [1.29, 1.82) is 0 Å². The van der Waals surface area contributed by atoms with Crippen LogP contribution in [0.2, 0.25) is 5.82 Å². The summed E-state index contributed by atoms with van der Waals surface area (Å²) in [6.45, 7) is 0. The van der Waals surface area contributed by atoms with Gasteiger partial charge in [0.05, 0.1) is 0 Å². The van der Waals surface area contributed by atoms with Gasteiger partial charge in [-0.25, -0.2) is 0 Å². The maximum atomic E-state index is 8.90. The van der Waals surface area contributed by atoms with Crippen LogP contribution in [0.1, 0.15) is 0 Å². The zero-order valence-corrected chi connectivity index (χ0v) is 7.90. The van der Waals surface area contributed by atoms with Crippen LogP contribution in [0.25, 0.3) is 0 Å². The van der Waals surface area contributed by atoms with E-state index in [1.165, 1.54) is 0 Å². The van der Waals surface area contributed by atoms with E-state index in [9.17, 15) is 0 Å². The standard InChI is InChI=1S/C7H9BO2Se/c1-11-7-5-3-2-4-6(7)8(9)10/h2-5,9-10H,1H3. The van der Waals surface area contributed by atoms with Crippen molar-refractivity contribution in [2.24, 2.45) is 0 Å². The van der Waals surface area contributed by atoms with Gasteiger partial charge in [-0.05, 0) is 0 Å². The average Bonchev–Trinajstić information content (AvgIpc) is 2.04. The van der Waals surface area contributed by atoms with Crippen molar-refractivity contribution in [1.82, 2.24) is 0 Å². The second kappa shape index (κ2) is 3.93. The number of rotatable bonds is 2. The third-order valence-electron chi connectivity index (χ3n) is 1.42. The summed E-state index contributed by atoms with van der Waals surface area (Å²) in [6, 6.07) is 7.39. The van der Waals surface area contributed by atoms with Gasteiger partial charge in [-0.15, -0.1) is 0 Å². The Kier molecular flexibility index (Phi) is 3.15. The first-order valence-corrected chi connectivity index (χ1v) is 5.81. The fraction of sp³-hybridized carbons (Fsp3) is 0.143. The molecule has 11 heavy (non-hydrogen) atoms. The first kappa shape index (κ1) is 8.82. The van der Waals surface area contributed by atoms with E-state index in [4.69, 9.17) is 10.0 Å². The molecular weight excluding hydrogens is 206 g/mol. The Hall–Kier alpha value is -0.276. The zero-order chi connectivity index (χ0) is 8.27. The average molecular weight is 215 g/mol. The minimum absolute atomic E-state index is 0.320. The molecule has 1 aromatic carbocycles. The molecule has 0 heterocycles. The SMILES string of the molecule is C[Se]c1ccccc1B(O)O. The molecule has 0 saturated carbocycles. The molecule has 1 rings (SSSR count). The summed E-state index contributed by atoms with van der Waals surface area (Å²) >= 11 is 0.320. The monoisotopic (exact) mass is 216 g/mol. The number of benzene rings is 1. The summed E-state index contributed by atoms with van der Waals surface area (Å²) in [5.41, 5.74) is 0.634. The Morgan fingerprint density at radius 2 is 1.91 bits per heavy atom. The summed E-state index contributed by atoms with van der Waals surface area (Å²) in [5, 5.41) is 17.8. The molecule has 2 nitrogen and oxygen atoms in total. The quantitative estimate of drug-likeness (QED) is 0.604. The van der Waals surface area contributed by atoms with E-state index in [1.54, 1.807) is 6.07 Å². The van der Waals surface area contributed by atoms with Crippen molar-refractivity contribution in [3.05, 3.63) is 24.3 Å². The molecule has 0 aliphatic carbocycles. The first-order valence-electron chi connectivity index (χ1n) is 3.24. The van der Waals surface area contributed by atoms with Crippen molar-refractivity contribution < 1.29 is 10.0 Å². The Bertz CT molecular complexity index is 240. The Morgan fingerprint density at radius 1 is 1.27 bits per heavy atom. The Morgan fingerprint density at radius 3 is 2.36 bits per heavy atom. The van der Waals surface area contributed by atoms with Crippen molar-refractivity contribution in [2.75, 3.05) is 0 Å². The second-order valence-electron chi connectivity index (χ2n) is 2.12. The predicted molar refractivity (Wildman–Crippen MR) is 47.5 cm³/mol. The number of hydrogen-bond donors (Lipinski definition) is 2. The Balaban J connectivity index is 3.02. The van der Waals surface area contributed by atoms with E-state index >= 15 is 0 Å². The molecule has 0 aromatic heterocycles. The summed E-state index contributed by atoms with van der Waals surface area (Å²) in [4.78, 5) is 0. The molecule has 0 aliphatic heterocycles. The van der Waals surface area contributed by atoms with Crippen molar-refractivity contribution in [2.45, 2.75) is 5.82 Å². The summed E-state index contributed by atoms with van der Waals surface area (Å²) in [6.07, 6.45) is 0. The van der Waals surface area contributed by atoms with Gasteiger partial charge in [0.25, 0.3) is 0 Å². The zero-order valence-electron chi connectivity index (χ0n) is 6.19. The van der Waals surface area contributed by atoms with Gasteiger partial charge in [0.15, 0.2) is 0 Å². The van der Waals surface area contributed by atoms with E-state index in [1.807, 2.05) is 24.0 Å². The fourth-order valence-corrected chi connectivity index (χ4v) is 2.19. The molecule has 2 N–H and O–H groups in total. The third-order valence-corrected chi connectivity index (χ3v) is 3.12. The van der Waals surface area contributed by atoms with Gasteiger partial charge >= 0.3 is 72.1 Å². The summed E-state index contributed by atoms with van der Waals surface area (Å²) < 4.78 is 1.05. The summed E-state index contributed by atoms with van der Waals surface area (Å²) in [7, 11) is -1.33. The van der Waals surface area contributed by atoms with Gasteiger partial charge in [0.1, 0.15) is 0 Å². The minimum atomic E-state index is -1.33. The van der Waals surface area contributed by atoms with Crippen LogP contribution in [0.5, 0.6) is 0 Å². The molecule has 0 bridgehead atoms. The molecule has 0 fully saturated rings. The van der Waals surface area contributed by atoms with Crippen LogP contribution < -0.4 is 9.92 Å². The van der Waals surface area contributed by atoms with Gasteiger partial charge in [0.2, 0.25) is 0 Å². The van der Waals surface area contributed by atoms with Crippen molar-refractivity contribution >= 4 is 32.0 Å². The molecule has 4 heteroatoms. The molecule has 0 radical (unpaired) electrons. The van der Waals surface area contributed by atoms with Crippen LogP contribution in [0.3, 0.4) is 0 Å². The molecule has 0 atom stereocenters. The van der Waals surface area contributed by atoms with Crippen molar-refractivity contribution in [3.8, 4) is 0 Å². The van der Waals surface area contributed by atoms with Gasteiger partial charge in [0, 0.05) is 0 Å². The van der Waals surface area contributed by atoms with E-state index < -0.39 is 7.12 Å². The molecule has 58 valence electrons. The topological polar surface area (TPSA) is 40.5 Å². The van der Waals surface area contributed by atoms with Crippen LogP contribution in [0, 0.1) is 0 Å². The third kappa shape index (κ3) is 2.07. The van der Waals surface area contributed by atoms with E-state index in [2.05, 4.69) is 0 Å². The Labute approximate surface area is 72.6 Å². The van der Waals surface area contributed by atoms with Gasteiger partial charge < -0.3 is 0 Å². The van der Waals surface area contributed by atoms with Crippen LogP contribution in [0.4, 0.5) is 0 Å². The van der Waals surface area contributed by atoms with Gasteiger partial charge in [-0.1, -0.05) is 0 Å². The molecule has 0 saturated heterocycles. The second-order valence-corrected chi connectivity index (χ2v) is 3.89. The molecule has 1 aromatic rings. The predicted octanol–water partition coefficient (Wildman–Crippen LogP) is -1.26. The number of hydrogen-bond acceptors (Lipinski definition) is 2. The normalized spacial score (nSPS) is 9.73. The summed E-state index contributed by atoms with van der Waals surface area (Å²) in [5.74, 6) is 2.05. The van der Waals surface area contributed by atoms with E-state index in [0.29, 0.717) is 20.4 Å². The van der Waals surface area contributed by atoms with Crippen LogP contribution in [0.15, 0.2) is 24.3 Å². The van der Waals surface area contributed by atoms with Gasteiger partial charge in [-0.3, -0.25) is 0 Å². The van der Waals surface area contributed by atoms with Crippen molar-refractivity contribution in [3.63, 3.8) is 0 Å². The fourth-order valence-electron chi connectivity index (χ4n) is 0.880. The van der Waals surface area contributed by atoms with Gasteiger partial charge in [-0.2, -0.15) is 0 Å². The first-order chi connectivity index (χ1) is 5.25. The van der Waals surface area contributed by atoms with E-state index in [0.717, 1.165) is 4.46 Å². The molecule has 0 amide bonds.